The summed E-state index contributed by atoms with van der Waals surface area (Å²) in [6.07, 6.45) is 0. The summed E-state index contributed by atoms with van der Waals surface area (Å²) < 4.78 is 0. The first-order valence-corrected chi connectivity index (χ1v) is 12.1. The number of nitrogens with zero attached hydrogens (tertiary/aromatic N) is 4. The maximum Gasteiger partial charge on any atom is 0.314 e. The van der Waals surface area contributed by atoms with Crippen LogP contribution in [0.15, 0.2) is 48.5 Å². The van der Waals surface area contributed by atoms with Gasteiger partial charge in [-0.1, -0.05) is 36.4 Å². The van der Waals surface area contributed by atoms with E-state index in [1.807, 2.05) is 88.7 Å². The normalized spacial score (nSPS) is 11.9. The summed E-state index contributed by atoms with van der Waals surface area (Å²) >= 11 is 14.2. The fraction of sp³-hybridized carbons (Fsp3) is 0.333. The summed E-state index contributed by atoms with van der Waals surface area (Å²) in [7, 11) is 12.0. The van der Waals surface area contributed by atoms with E-state index in [9.17, 15) is 0 Å². The third-order valence-electron chi connectivity index (χ3n) is 4.38. The number of hydrazine groups is 2. The fourth-order valence-electron chi connectivity index (χ4n) is 2.62. The minimum Gasteiger partial charge on any atom is -0.309 e. The van der Waals surface area contributed by atoms with E-state index in [0.717, 1.165) is 21.7 Å². The van der Waals surface area contributed by atoms with Gasteiger partial charge in [0.05, 0.1) is 11.4 Å². The lowest BCUT2D eigenvalue weighted by atomic mass is 10.3. The molecule has 0 saturated carbocycles. The fourth-order valence-corrected chi connectivity index (χ4v) is 6.57. The molecule has 0 N–H and O–H groups in total. The van der Waals surface area contributed by atoms with Crippen LogP contribution < -0.4 is 20.4 Å². The second-order valence-electron chi connectivity index (χ2n) is 6.35. The van der Waals surface area contributed by atoms with E-state index < -0.39 is 6.69 Å². The van der Waals surface area contributed by atoms with Crippen LogP contribution in [0.25, 0.3) is 0 Å². The van der Waals surface area contributed by atoms with Crippen LogP contribution >= 0.6 is 22.2 Å². The first kappa shape index (κ1) is 20.1. The number of hydrogen-bond donors (Lipinski definition) is 0. The summed E-state index contributed by atoms with van der Waals surface area (Å²) in [6.45, 7) is -2.95. The largest absolute Gasteiger partial charge is 0.314 e. The average Bonchev–Trinajstić information content (AvgIpc) is 2.60. The van der Waals surface area contributed by atoms with Gasteiger partial charge in [0.25, 0.3) is 0 Å². The third kappa shape index (κ3) is 4.12. The summed E-state index contributed by atoms with van der Waals surface area (Å²) in [5.41, 5.74) is 2.04. The van der Waals surface area contributed by atoms with Crippen LogP contribution in [-0.4, -0.2) is 59.0 Å². The molecule has 0 heterocycles. The number of rotatable bonds is 6. The van der Waals surface area contributed by atoms with Gasteiger partial charge in [0.1, 0.15) is 0 Å². The summed E-state index contributed by atoms with van der Waals surface area (Å²) in [5.74, 6) is 0. The van der Waals surface area contributed by atoms with Gasteiger partial charge >= 0.3 is 6.69 Å². The molecule has 136 valence electrons. The van der Waals surface area contributed by atoms with Crippen molar-refractivity contribution in [3.05, 3.63) is 48.5 Å². The molecule has 2 aromatic rings. The van der Waals surface area contributed by atoms with Crippen molar-refractivity contribution >= 4 is 50.6 Å². The van der Waals surface area contributed by atoms with E-state index >= 15 is 0 Å². The Morgan fingerprint density at radius 3 is 1.24 bits per heavy atom. The van der Waals surface area contributed by atoms with Crippen LogP contribution in [0.5, 0.6) is 0 Å². The van der Waals surface area contributed by atoms with Crippen LogP contribution in [0.1, 0.15) is 0 Å². The molecular weight excluding hydrogens is 371 g/mol. The van der Waals surface area contributed by atoms with Gasteiger partial charge in [-0.15, -0.1) is 22.2 Å². The Morgan fingerprint density at radius 1 is 0.600 bits per heavy atom. The van der Waals surface area contributed by atoms with Gasteiger partial charge in [-0.25, -0.2) is 10.0 Å². The van der Waals surface area contributed by atoms with Gasteiger partial charge in [0.2, 0.25) is 0 Å². The predicted octanol–water partition coefficient (Wildman–Crippen LogP) is 2.55. The quantitative estimate of drug-likeness (QED) is 0.422. The molecule has 0 aliphatic rings. The number of benzene rings is 2. The zero-order valence-corrected chi connectivity index (χ0v) is 18.2. The summed E-state index contributed by atoms with van der Waals surface area (Å²) in [6, 6.07) is 16.2. The van der Waals surface area contributed by atoms with Crippen LogP contribution in [0.4, 0.5) is 11.4 Å². The Bertz CT molecular complexity index is 662. The Hall–Kier alpha value is -1.24. The smallest absolute Gasteiger partial charge is 0.309 e. The SMILES string of the molecule is CN(C)N(C)c1ccccc1[Si](Cl)(Cl)c1ccccc1N(C)N(C)C. The maximum atomic E-state index is 7.11. The Labute approximate surface area is 161 Å². The number of para-hydroxylation sites is 2. The predicted molar refractivity (Wildman–Crippen MR) is 114 cm³/mol. The van der Waals surface area contributed by atoms with Crippen molar-refractivity contribution in [3.63, 3.8) is 0 Å². The Kier molecular flexibility index (Phi) is 6.40. The van der Waals surface area contributed by atoms with Crippen molar-refractivity contribution in [1.29, 1.82) is 0 Å². The van der Waals surface area contributed by atoms with Gasteiger partial charge in [0, 0.05) is 42.3 Å². The molecule has 0 amide bonds. The molecule has 25 heavy (non-hydrogen) atoms. The molecule has 0 saturated heterocycles. The highest BCUT2D eigenvalue weighted by atomic mass is 35.7. The molecule has 2 rings (SSSR count). The number of halogens is 2. The second-order valence-corrected chi connectivity index (χ2v) is 12.6. The van der Waals surface area contributed by atoms with E-state index in [0.29, 0.717) is 0 Å². The van der Waals surface area contributed by atoms with Crippen LogP contribution in [-0.2, 0) is 0 Å². The van der Waals surface area contributed by atoms with Gasteiger partial charge in [-0.2, -0.15) is 0 Å². The van der Waals surface area contributed by atoms with Crippen molar-refractivity contribution in [2.45, 2.75) is 0 Å². The lowest BCUT2D eigenvalue weighted by molar-refractivity contribution is 0.398. The van der Waals surface area contributed by atoms with E-state index in [2.05, 4.69) is 22.2 Å². The molecule has 0 fully saturated rings. The molecule has 0 radical (unpaired) electrons. The van der Waals surface area contributed by atoms with E-state index in [4.69, 9.17) is 22.2 Å². The topological polar surface area (TPSA) is 13.0 Å². The van der Waals surface area contributed by atoms with E-state index in [1.54, 1.807) is 0 Å². The van der Waals surface area contributed by atoms with E-state index in [1.165, 1.54) is 0 Å². The van der Waals surface area contributed by atoms with Crippen molar-refractivity contribution in [3.8, 4) is 0 Å². The molecule has 0 aliphatic heterocycles. The highest BCUT2D eigenvalue weighted by molar-refractivity contribution is 7.56. The van der Waals surface area contributed by atoms with Crippen LogP contribution in [0.3, 0.4) is 0 Å². The molecule has 7 heteroatoms. The molecule has 0 spiro atoms. The molecular formula is C18H26Cl2N4Si. The lowest BCUT2D eigenvalue weighted by Gasteiger charge is -2.34. The molecule has 0 aromatic heterocycles. The van der Waals surface area contributed by atoms with Crippen molar-refractivity contribution in [1.82, 2.24) is 10.0 Å². The van der Waals surface area contributed by atoms with Crippen molar-refractivity contribution in [2.75, 3.05) is 52.3 Å². The van der Waals surface area contributed by atoms with Gasteiger partial charge in [-0.3, -0.25) is 0 Å². The van der Waals surface area contributed by atoms with Crippen molar-refractivity contribution in [2.24, 2.45) is 0 Å². The van der Waals surface area contributed by atoms with Gasteiger partial charge < -0.3 is 10.0 Å². The second kappa shape index (κ2) is 7.97. The first-order valence-electron chi connectivity index (χ1n) is 8.06. The van der Waals surface area contributed by atoms with Gasteiger partial charge in [0.15, 0.2) is 0 Å². The highest BCUT2D eigenvalue weighted by Crippen LogP contribution is 2.26. The Morgan fingerprint density at radius 2 is 0.920 bits per heavy atom. The van der Waals surface area contributed by atoms with E-state index in [-0.39, 0.29) is 0 Å². The summed E-state index contributed by atoms with van der Waals surface area (Å²) in [5, 5.41) is 10.1. The Balaban J connectivity index is 2.62. The monoisotopic (exact) mass is 396 g/mol. The number of anilines is 2. The minimum atomic E-state index is -2.95. The van der Waals surface area contributed by atoms with Crippen molar-refractivity contribution < 1.29 is 0 Å². The van der Waals surface area contributed by atoms with Gasteiger partial charge in [-0.05, 0) is 22.5 Å². The molecule has 0 aliphatic carbocycles. The molecule has 4 nitrogen and oxygen atoms in total. The maximum absolute atomic E-state index is 7.11. The first-order chi connectivity index (χ1) is 11.7. The molecule has 2 aromatic carbocycles. The highest BCUT2D eigenvalue weighted by Gasteiger charge is 2.39. The van der Waals surface area contributed by atoms with Crippen LogP contribution in [0.2, 0.25) is 0 Å². The molecule has 0 bridgehead atoms. The zero-order chi connectivity index (χ0) is 18.8. The minimum absolute atomic E-state index is 0.981. The zero-order valence-electron chi connectivity index (χ0n) is 15.7. The number of hydrogen-bond acceptors (Lipinski definition) is 4. The lowest BCUT2D eigenvalue weighted by Crippen LogP contribution is -2.54. The molecule has 0 unspecified atom stereocenters. The van der Waals surface area contributed by atoms with Crippen LogP contribution in [0, 0.1) is 0 Å². The standard InChI is InChI=1S/C18H26Cl2N4Si/c1-21(2)23(5)15-11-7-9-13-17(15)25(19,20)18-14-10-8-12-16(18)24(6)22(3)4/h7-14H,1-6H3. The average molecular weight is 397 g/mol. The summed E-state index contributed by atoms with van der Waals surface area (Å²) in [4.78, 5) is 0. The third-order valence-corrected chi connectivity index (χ3v) is 9.02. The molecule has 0 atom stereocenters.